The third kappa shape index (κ3) is 2.83. The fourth-order valence-electron chi connectivity index (χ4n) is 1.17. The van der Waals surface area contributed by atoms with Crippen molar-refractivity contribution in [2.45, 2.75) is 32.7 Å². The van der Waals surface area contributed by atoms with Gasteiger partial charge >= 0.3 is 0 Å². The molecule has 3 N–H and O–H groups in total. The van der Waals surface area contributed by atoms with Gasteiger partial charge in [0.25, 0.3) is 0 Å². The average Bonchev–Trinajstić information content (AvgIpc) is 2.19. The molecule has 0 saturated heterocycles. The fraction of sp³-hybridized carbons (Fsp3) is 0.556. The molecule has 0 aliphatic rings. The van der Waals surface area contributed by atoms with E-state index in [1.807, 2.05) is 0 Å². The van der Waals surface area contributed by atoms with Crippen LogP contribution in [0.3, 0.4) is 0 Å². The molecule has 4 nitrogen and oxygen atoms in total. The van der Waals surface area contributed by atoms with E-state index in [0.29, 0.717) is 22.3 Å². The van der Waals surface area contributed by atoms with Crippen LogP contribution >= 0.6 is 15.9 Å². The number of aromatic nitrogens is 2. The number of nitrogens with zero attached hydrogens (tertiary/aromatic N) is 2. The van der Waals surface area contributed by atoms with Gasteiger partial charge in [0.05, 0.1) is 6.20 Å². The van der Waals surface area contributed by atoms with E-state index in [1.54, 1.807) is 6.20 Å². The number of hydrogen-bond acceptors (Lipinski definition) is 4. The first kappa shape index (κ1) is 11.2. The van der Waals surface area contributed by atoms with E-state index < -0.39 is 0 Å². The molecule has 0 aliphatic carbocycles. The Bertz CT molecular complexity index is 299. The number of anilines is 2. The van der Waals surface area contributed by atoms with Crippen molar-refractivity contribution in [3.8, 4) is 0 Å². The van der Waals surface area contributed by atoms with Gasteiger partial charge in [-0.1, -0.05) is 13.8 Å². The van der Waals surface area contributed by atoms with Crippen molar-refractivity contribution in [1.82, 2.24) is 9.97 Å². The molecule has 0 spiro atoms. The molecule has 0 bridgehead atoms. The van der Waals surface area contributed by atoms with E-state index in [9.17, 15) is 0 Å². The molecule has 1 aromatic heterocycles. The molecule has 78 valence electrons. The largest absolute Gasteiger partial charge is 0.381 e. The van der Waals surface area contributed by atoms with Gasteiger partial charge in [0.2, 0.25) is 0 Å². The standard InChI is InChI=1S/C9H15BrN4/c1-3-6(4-2)13-9-8(11)12-5-7(10)14-9/h5-6H,3-4H2,1-2H3,(H2,11,12)(H,13,14). The summed E-state index contributed by atoms with van der Waals surface area (Å²) in [7, 11) is 0. The summed E-state index contributed by atoms with van der Waals surface area (Å²) in [6.07, 6.45) is 3.68. The number of halogens is 1. The van der Waals surface area contributed by atoms with Gasteiger partial charge in [-0.3, -0.25) is 0 Å². The van der Waals surface area contributed by atoms with Crippen LogP contribution in [-0.4, -0.2) is 16.0 Å². The number of nitrogens with one attached hydrogen (secondary N) is 1. The molecule has 1 heterocycles. The van der Waals surface area contributed by atoms with Crippen LogP contribution < -0.4 is 11.1 Å². The molecule has 0 fully saturated rings. The number of nitrogens with two attached hydrogens (primary N) is 1. The lowest BCUT2D eigenvalue weighted by Gasteiger charge is -2.16. The zero-order chi connectivity index (χ0) is 10.6. The summed E-state index contributed by atoms with van der Waals surface area (Å²) >= 11 is 3.26. The zero-order valence-corrected chi connectivity index (χ0v) is 10.0. The Morgan fingerprint density at radius 1 is 1.50 bits per heavy atom. The number of nitrogen functional groups attached to an aromatic ring is 1. The van der Waals surface area contributed by atoms with Crippen molar-refractivity contribution in [3.63, 3.8) is 0 Å². The lowest BCUT2D eigenvalue weighted by Crippen LogP contribution is -2.19. The topological polar surface area (TPSA) is 63.8 Å². The minimum atomic E-state index is 0.404. The first-order valence-electron chi connectivity index (χ1n) is 4.71. The Morgan fingerprint density at radius 3 is 2.71 bits per heavy atom. The van der Waals surface area contributed by atoms with Crippen LogP contribution in [0.25, 0.3) is 0 Å². The average molecular weight is 259 g/mol. The number of rotatable bonds is 4. The van der Waals surface area contributed by atoms with Gasteiger partial charge < -0.3 is 11.1 Å². The summed E-state index contributed by atoms with van der Waals surface area (Å²) in [4.78, 5) is 8.23. The van der Waals surface area contributed by atoms with Crippen LogP contribution in [0.5, 0.6) is 0 Å². The minimum Gasteiger partial charge on any atom is -0.381 e. The second-order valence-electron chi connectivity index (χ2n) is 3.08. The van der Waals surface area contributed by atoms with E-state index in [0.717, 1.165) is 12.8 Å². The van der Waals surface area contributed by atoms with Crippen LogP contribution in [0.4, 0.5) is 11.6 Å². The van der Waals surface area contributed by atoms with E-state index >= 15 is 0 Å². The second kappa shape index (κ2) is 5.14. The summed E-state index contributed by atoms with van der Waals surface area (Å²) in [6, 6.07) is 0.404. The highest BCUT2D eigenvalue weighted by Gasteiger charge is 2.08. The van der Waals surface area contributed by atoms with Crippen molar-refractivity contribution >= 4 is 27.6 Å². The maximum absolute atomic E-state index is 5.69. The molecular formula is C9H15BrN4. The summed E-state index contributed by atoms with van der Waals surface area (Å²) in [5.74, 6) is 1.10. The third-order valence-electron chi connectivity index (χ3n) is 2.10. The second-order valence-corrected chi connectivity index (χ2v) is 3.90. The maximum atomic E-state index is 5.69. The maximum Gasteiger partial charge on any atom is 0.170 e. The Morgan fingerprint density at radius 2 is 2.14 bits per heavy atom. The Balaban J connectivity index is 2.79. The van der Waals surface area contributed by atoms with E-state index in [1.165, 1.54) is 0 Å². The van der Waals surface area contributed by atoms with E-state index in [2.05, 4.69) is 45.1 Å². The highest BCUT2D eigenvalue weighted by molar-refractivity contribution is 9.10. The molecule has 0 atom stereocenters. The fourth-order valence-corrected chi connectivity index (χ4v) is 1.45. The van der Waals surface area contributed by atoms with Crippen LogP contribution in [0.2, 0.25) is 0 Å². The van der Waals surface area contributed by atoms with Crippen molar-refractivity contribution in [2.75, 3.05) is 11.1 Å². The van der Waals surface area contributed by atoms with Crippen molar-refractivity contribution in [2.24, 2.45) is 0 Å². The number of hydrogen-bond donors (Lipinski definition) is 2. The van der Waals surface area contributed by atoms with Crippen LogP contribution in [0, 0.1) is 0 Å². The first-order chi connectivity index (χ1) is 6.67. The van der Waals surface area contributed by atoms with Gasteiger partial charge in [0.15, 0.2) is 11.6 Å². The van der Waals surface area contributed by atoms with Gasteiger partial charge in [-0.2, -0.15) is 0 Å². The molecule has 0 aliphatic heterocycles. The quantitative estimate of drug-likeness (QED) is 0.871. The summed E-state index contributed by atoms with van der Waals surface area (Å²) in [5.41, 5.74) is 5.69. The molecular weight excluding hydrogens is 244 g/mol. The smallest absolute Gasteiger partial charge is 0.170 e. The van der Waals surface area contributed by atoms with Gasteiger partial charge in [-0.15, -0.1) is 0 Å². The van der Waals surface area contributed by atoms with Crippen molar-refractivity contribution in [3.05, 3.63) is 10.8 Å². The molecule has 0 radical (unpaired) electrons. The normalized spacial score (nSPS) is 10.6. The zero-order valence-electron chi connectivity index (χ0n) is 8.42. The molecule has 5 heteroatoms. The van der Waals surface area contributed by atoms with E-state index in [-0.39, 0.29) is 0 Å². The third-order valence-corrected chi connectivity index (χ3v) is 2.48. The monoisotopic (exact) mass is 258 g/mol. The summed E-state index contributed by atoms with van der Waals surface area (Å²) < 4.78 is 0.695. The first-order valence-corrected chi connectivity index (χ1v) is 5.51. The lowest BCUT2D eigenvalue weighted by molar-refractivity contribution is 0.668. The molecule has 0 unspecified atom stereocenters. The highest BCUT2D eigenvalue weighted by Crippen LogP contribution is 2.17. The van der Waals surface area contributed by atoms with Crippen LogP contribution in [-0.2, 0) is 0 Å². The highest BCUT2D eigenvalue weighted by atomic mass is 79.9. The molecule has 0 aromatic carbocycles. The molecule has 0 saturated carbocycles. The van der Waals surface area contributed by atoms with Crippen LogP contribution in [0.1, 0.15) is 26.7 Å². The van der Waals surface area contributed by atoms with Crippen molar-refractivity contribution in [1.29, 1.82) is 0 Å². The predicted octanol–water partition coefficient (Wildman–Crippen LogP) is 2.42. The van der Waals surface area contributed by atoms with Crippen LogP contribution in [0.15, 0.2) is 10.8 Å². The predicted molar refractivity (Wildman–Crippen MR) is 62.1 cm³/mol. The minimum absolute atomic E-state index is 0.404. The van der Waals surface area contributed by atoms with Gasteiger partial charge in [-0.05, 0) is 28.8 Å². The Hall–Kier alpha value is -0.840. The van der Waals surface area contributed by atoms with Gasteiger partial charge in [0.1, 0.15) is 4.60 Å². The Kier molecular flexibility index (Phi) is 4.13. The van der Waals surface area contributed by atoms with Crippen molar-refractivity contribution < 1.29 is 0 Å². The summed E-state index contributed by atoms with van der Waals surface area (Å²) in [6.45, 7) is 4.26. The molecule has 14 heavy (non-hydrogen) atoms. The summed E-state index contributed by atoms with van der Waals surface area (Å²) in [5, 5.41) is 3.26. The molecule has 1 rings (SSSR count). The SMILES string of the molecule is CCC(CC)Nc1nc(Br)cnc1N. The molecule has 1 aromatic rings. The lowest BCUT2D eigenvalue weighted by atomic mass is 10.2. The van der Waals surface area contributed by atoms with Gasteiger partial charge in [0, 0.05) is 6.04 Å². The Labute approximate surface area is 92.5 Å². The molecule has 0 amide bonds. The van der Waals surface area contributed by atoms with Gasteiger partial charge in [-0.25, -0.2) is 9.97 Å². The van der Waals surface area contributed by atoms with E-state index in [4.69, 9.17) is 5.73 Å².